The van der Waals surface area contributed by atoms with Crippen molar-refractivity contribution in [2.45, 2.75) is 25.9 Å². The molecule has 1 heterocycles. The van der Waals surface area contributed by atoms with Gasteiger partial charge in [0.05, 0.1) is 5.92 Å². The molecule has 0 saturated heterocycles. The molecular weight excluding hydrogens is 286 g/mol. The molecule has 1 atom stereocenters. The Morgan fingerprint density at radius 2 is 1.87 bits per heavy atom. The number of esters is 1. The molecule has 23 heavy (non-hydrogen) atoms. The summed E-state index contributed by atoms with van der Waals surface area (Å²) in [5.41, 5.74) is 4.76. The van der Waals surface area contributed by atoms with E-state index >= 15 is 0 Å². The number of aromatic amines is 1. The summed E-state index contributed by atoms with van der Waals surface area (Å²) in [7, 11) is 0. The molecule has 0 spiro atoms. The molecule has 0 saturated carbocycles. The molecule has 1 aliphatic rings. The second-order valence-corrected chi connectivity index (χ2v) is 6.16. The highest BCUT2D eigenvalue weighted by molar-refractivity contribution is 5.86. The summed E-state index contributed by atoms with van der Waals surface area (Å²) < 4.78 is 5.52. The van der Waals surface area contributed by atoms with Crippen molar-refractivity contribution in [3.05, 3.63) is 71.4 Å². The van der Waals surface area contributed by atoms with Gasteiger partial charge in [0.15, 0.2) is 0 Å². The molecule has 0 fully saturated rings. The molecule has 1 N–H and O–H groups in total. The minimum absolute atomic E-state index is 0.0366. The Kier molecular flexibility index (Phi) is 3.62. The second-order valence-electron chi connectivity index (χ2n) is 6.16. The number of rotatable bonds is 3. The van der Waals surface area contributed by atoms with Crippen LogP contribution in [0.5, 0.6) is 0 Å². The normalized spacial score (nSPS) is 17.0. The van der Waals surface area contributed by atoms with Crippen LogP contribution >= 0.6 is 0 Å². The number of hydrogen-bond acceptors (Lipinski definition) is 2. The standard InChI is InChI=1S/C20H19NO2/c22-20(23-13-14-6-2-1-3-7-14)15-10-11-19-17(12-15)16-8-4-5-9-18(16)21-19/h1-9,15,21H,10-13H2/t15-/m0/s1. The van der Waals surface area contributed by atoms with Gasteiger partial charge in [-0.15, -0.1) is 0 Å². The van der Waals surface area contributed by atoms with E-state index in [-0.39, 0.29) is 11.9 Å². The second kappa shape index (κ2) is 5.92. The maximum absolute atomic E-state index is 12.4. The molecule has 0 amide bonds. The van der Waals surface area contributed by atoms with E-state index in [0.717, 1.165) is 30.3 Å². The molecule has 1 aliphatic carbocycles. The van der Waals surface area contributed by atoms with Crippen LogP contribution in [-0.2, 0) is 29.0 Å². The lowest BCUT2D eigenvalue weighted by atomic mass is 9.86. The molecule has 0 bridgehead atoms. The average molecular weight is 305 g/mol. The Morgan fingerprint density at radius 3 is 2.74 bits per heavy atom. The molecular formula is C20H19NO2. The minimum Gasteiger partial charge on any atom is -0.461 e. The van der Waals surface area contributed by atoms with Crippen LogP contribution in [0.2, 0.25) is 0 Å². The van der Waals surface area contributed by atoms with Gasteiger partial charge in [0.1, 0.15) is 6.61 Å². The van der Waals surface area contributed by atoms with Crippen molar-refractivity contribution in [1.82, 2.24) is 4.98 Å². The molecule has 3 nitrogen and oxygen atoms in total. The van der Waals surface area contributed by atoms with Crippen molar-refractivity contribution in [3.8, 4) is 0 Å². The number of aryl methyl sites for hydroxylation is 1. The first-order valence-electron chi connectivity index (χ1n) is 8.10. The van der Waals surface area contributed by atoms with Crippen LogP contribution in [-0.4, -0.2) is 11.0 Å². The van der Waals surface area contributed by atoms with E-state index in [9.17, 15) is 4.79 Å². The summed E-state index contributed by atoms with van der Waals surface area (Å²) in [6, 6.07) is 18.1. The number of carbonyl (C=O) groups excluding carboxylic acids is 1. The molecule has 2 aromatic carbocycles. The Bertz CT molecular complexity index is 835. The minimum atomic E-state index is -0.0789. The third-order valence-corrected chi connectivity index (χ3v) is 4.65. The first-order valence-corrected chi connectivity index (χ1v) is 8.10. The van der Waals surface area contributed by atoms with Crippen LogP contribution in [0.1, 0.15) is 23.2 Å². The van der Waals surface area contributed by atoms with E-state index in [1.807, 2.05) is 42.5 Å². The molecule has 1 aromatic heterocycles. The van der Waals surface area contributed by atoms with Gasteiger partial charge in [-0.1, -0.05) is 48.5 Å². The SMILES string of the molecule is O=C(OCc1ccccc1)[C@H]1CCc2[nH]c3ccccc3c2C1. The number of fused-ring (bicyclic) bond motifs is 3. The highest BCUT2D eigenvalue weighted by Gasteiger charge is 2.28. The maximum Gasteiger partial charge on any atom is 0.309 e. The molecule has 116 valence electrons. The van der Waals surface area contributed by atoms with E-state index < -0.39 is 0 Å². The fourth-order valence-electron chi connectivity index (χ4n) is 3.42. The monoisotopic (exact) mass is 305 g/mol. The van der Waals surface area contributed by atoms with Crippen LogP contribution in [0.3, 0.4) is 0 Å². The number of benzene rings is 2. The summed E-state index contributed by atoms with van der Waals surface area (Å²) in [5, 5.41) is 1.24. The molecule has 3 heteroatoms. The van der Waals surface area contributed by atoms with Crippen LogP contribution in [0, 0.1) is 5.92 Å². The number of carbonyl (C=O) groups is 1. The number of hydrogen-bond donors (Lipinski definition) is 1. The van der Waals surface area contributed by atoms with Crippen molar-refractivity contribution < 1.29 is 9.53 Å². The summed E-state index contributed by atoms with van der Waals surface area (Å²) in [5.74, 6) is -0.116. The van der Waals surface area contributed by atoms with Crippen molar-refractivity contribution >= 4 is 16.9 Å². The smallest absolute Gasteiger partial charge is 0.309 e. The Balaban J connectivity index is 1.48. The van der Waals surface area contributed by atoms with Gasteiger partial charge in [-0.25, -0.2) is 0 Å². The van der Waals surface area contributed by atoms with Crippen molar-refractivity contribution in [2.75, 3.05) is 0 Å². The van der Waals surface area contributed by atoms with Crippen LogP contribution in [0.25, 0.3) is 10.9 Å². The number of para-hydroxylation sites is 1. The largest absolute Gasteiger partial charge is 0.461 e. The number of ether oxygens (including phenoxy) is 1. The zero-order valence-corrected chi connectivity index (χ0v) is 12.9. The summed E-state index contributed by atoms with van der Waals surface area (Å²) in [4.78, 5) is 15.9. The first kappa shape index (κ1) is 14.1. The molecule has 0 radical (unpaired) electrons. The van der Waals surface area contributed by atoms with Gasteiger partial charge in [-0.3, -0.25) is 4.79 Å². The molecule has 0 aliphatic heterocycles. The molecule has 0 unspecified atom stereocenters. The molecule has 3 aromatic rings. The molecule has 4 rings (SSSR count). The predicted octanol–water partition coefficient (Wildman–Crippen LogP) is 4.02. The van der Waals surface area contributed by atoms with E-state index in [1.54, 1.807) is 0 Å². The Hall–Kier alpha value is -2.55. The predicted molar refractivity (Wildman–Crippen MR) is 90.1 cm³/mol. The zero-order valence-electron chi connectivity index (χ0n) is 12.9. The summed E-state index contributed by atoms with van der Waals surface area (Å²) >= 11 is 0. The van der Waals surface area contributed by atoms with Gasteiger partial charge < -0.3 is 9.72 Å². The van der Waals surface area contributed by atoms with Crippen molar-refractivity contribution in [3.63, 3.8) is 0 Å². The van der Waals surface area contributed by atoms with Gasteiger partial charge in [-0.2, -0.15) is 0 Å². The first-order chi connectivity index (χ1) is 11.3. The zero-order chi connectivity index (χ0) is 15.6. The van der Waals surface area contributed by atoms with Gasteiger partial charge in [0.25, 0.3) is 0 Å². The fraction of sp³-hybridized carbons (Fsp3) is 0.250. The third kappa shape index (κ3) is 2.74. The van der Waals surface area contributed by atoms with E-state index in [0.29, 0.717) is 6.61 Å². The van der Waals surface area contributed by atoms with Gasteiger partial charge in [0, 0.05) is 16.6 Å². The van der Waals surface area contributed by atoms with Gasteiger partial charge in [-0.05, 0) is 36.5 Å². The third-order valence-electron chi connectivity index (χ3n) is 4.65. The van der Waals surface area contributed by atoms with Crippen molar-refractivity contribution in [2.24, 2.45) is 5.92 Å². The van der Waals surface area contributed by atoms with E-state index in [2.05, 4.69) is 17.1 Å². The Labute approximate surface area is 135 Å². The van der Waals surface area contributed by atoms with Gasteiger partial charge >= 0.3 is 5.97 Å². The summed E-state index contributed by atoms with van der Waals surface area (Å²) in [6.07, 6.45) is 2.54. The van der Waals surface area contributed by atoms with E-state index in [4.69, 9.17) is 4.74 Å². The lowest BCUT2D eigenvalue weighted by Gasteiger charge is -2.21. The number of aromatic nitrogens is 1. The Morgan fingerprint density at radius 1 is 1.09 bits per heavy atom. The van der Waals surface area contributed by atoms with Crippen LogP contribution in [0.15, 0.2) is 54.6 Å². The topological polar surface area (TPSA) is 42.1 Å². The lowest BCUT2D eigenvalue weighted by Crippen LogP contribution is -2.24. The number of H-pyrrole nitrogens is 1. The highest BCUT2D eigenvalue weighted by atomic mass is 16.5. The van der Waals surface area contributed by atoms with Crippen LogP contribution < -0.4 is 0 Å². The van der Waals surface area contributed by atoms with E-state index in [1.165, 1.54) is 16.6 Å². The highest BCUT2D eigenvalue weighted by Crippen LogP contribution is 2.32. The maximum atomic E-state index is 12.4. The quantitative estimate of drug-likeness (QED) is 0.743. The number of nitrogens with one attached hydrogen (secondary N) is 1. The average Bonchev–Trinajstić information content (AvgIpc) is 2.98. The van der Waals surface area contributed by atoms with Gasteiger partial charge in [0.2, 0.25) is 0 Å². The van der Waals surface area contributed by atoms with Crippen molar-refractivity contribution in [1.29, 1.82) is 0 Å². The summed E-state index contributed by atoms with van der Waals surface area (Å²) in [6.45, 7) is 0.358. The lowest BCUT2D eigenvalue weighted by molar-refractivity contribution is -0.150. The fourth-order valence-corrected chi connectivity index (χ4v) is 3.42. The van der Waals surface area contributed by atoms with Crippen LogP contribution in [0.4, 0.5) is 0 Å².